The van der Waals surface area contributed by atoms with Gasteiger partial charge < -0.3 is 10.5 Å². The highest BCUT2D eigenvalue weighted by Gasteiger charge is 2.10. The lowest BCUT2D eigenvalue weighted by Crippen LogP contribution is -2.13. The smallest absolute Gasteiger partial charge is 0.124 e. The summed E-state index contributed by atoms with van der Waals surface area (Å²) >= 11 is 0. The van der Waals surface area contributed by atoms with Crippen LogP contribution < -0.4 is 10.5 Å². The number of hydrogen-bond acceptors (Lipinski definition) is 2. The number of rotatable bonds is 4. The van der Waals surface area contributed by atoms with Crippen LogP contribution in [0.3, 0.4) is 0 Å². The highest BCUT2D eigenvalue weighted by atomic mass is 35.5. The van der Waals surface area contributed by atoms with Crippen molar-refractivity contribution in [3.8, 4) is 5.75 Å². The van der Waals surface area contributed by atoms with Crippen LogP contribution in [-0.2, 0) is 0 Å². The van der Waals surface area contributed by atoms with E-state index in [-0.39, 0.29) is 24.6 Å². The van der Waals surface area contributed by atoms with Crippen molar-refractivity contribution in [2.24, 2.45) is 5.73 Å². The summed E-state index contributed by atoms with van der Waals surface area (Å²) in [7, 11) is 0. The molecule has 1 rings (SSSR count). The van der Waals surface area contributed by atoms with E-state index in [0.29, 0.717) is 0 Å². The van der Waals surface area contributed by atoms with Crippen molar-refractivity contribution in [3.63, 3.8) is 0 Å². The fourth-order valence-electron chi connectivity index (χ4n) is 1.37. The van der Waals surface area contributed by atoms with Crippen LogP contribution in [-0.4, -0.2) is 6.10 Å². The Balaban J connectivity index is 0.00000196. The zero-order chi connectivity index (χ0) is 10.6. The summed E-state index contributed by atoms with van der Waals surface area (Å²) in [6.45, 7) is 6.12. The summed E-state index contributed by atoms with van der Waals surface area (Å²) < 4.78 is 5.69. The minimum atomic E-state index is 0. The summed E-state index contributed by atoms with van der Waals surface area (Å²) in [6, 6.07) is 8.06. The van der Waals surface area contributed by atoms with Crippen LogP contribution in [0.2, 0.25) is 0 Å². The lowest BCUT2D eigenvalue weighted by atomic mass is 10.0. The van der Waals surface area contributed by atoms with Crippen LogP contribution in [0.1, 0.15) is 38.8 Å². The maximum absolute atomic E-state index is 5.99. The van der Waals surface area contributed by atoms with E-state index in [0.717, 1.165) is 17.7 Å². The molecule has 1 aromatic rings. The average molecular weight is 230 g/mol. The second-order valence-corrected chi connectivity index (χ2v) is 3.72. The Bertz CT molecular complexity index is 289. The van der Waals surface area contributed by atoms with E-state index in [4.69, 9.17) is 10.5 Å². The van der Waals surface area contributed by atoms with E-state index in [9.17, 15) is 0 Å². The number of para-hydroxylation sites is 1. The highest BCUT2D eigenvalue weighted by molar-refractivity contribution is 5.85. The maximum Gasteiger partial charge on any atom is 0.124 e. The molecule has 0 amide bonds. The Hall–Kier alpha value is -0.730. The lowest BCUT2D eigenvalue weighted by molar-refractivity contribution is 0.238. The Labute approximate surface area is 98.2 Å². The lowest BCUT2D eigenvalue weighted by Gasteiger charge is -2.17. The number of hydrogen-bond donors (Lipinski definition) is 1. The van der Waals surface area contributed by atoms with Gasteiger partial charge in [0.25, 0.3) is 0 Å². The van der Waals surface area contributed by atoms with Gasteiger partial charge in [0.1, 0.15) is 5.75 Å². The molecule has 0 fully saturated rings. The Morgan fingerprint density at radius 1 is 1.27 bits per heavy atom. The molecular formula is C12H20ClNO. The molecular weight excluding hydrogens is 210 g/mol. The fraction of sp³-hybridized carbons (Fsp3) is 0.500. The standard InChI is InChI=1S/C12H19NO.ClH/c1-4-11(13)10-7-5-6-8-12(10)14-9(2)3;/h5-9,11H,4,13H2,1-3H3;1H/t11-;/m0./s1. The Morgan fingerprint density at radius 2 is 1.87 bits per heavy atom. The molecule has 0 saturated heterocycles. The third-order valence-corrected chi connectivity index (χ3v) is 2.12. The van der Waals surface area contributed by atoms with Gasteiger partial charge in [-0.3, -0.25) is 0 Å². The quantitative estimate of drug-likeness (QED) is 0.860. The van der Waals surface area contributed by atoms with E-state index in [2.05, 4.69) is 6.92 Å². The van der Waals surface area contributed by atoms with Gasteiger partial charge in [0.2, 0.25) is 0 Å². The molecule has 0 aliphatic heterocycles. The maximum atomic E-state index is 5.99. The van der Waals surface area contributed by atoms with Crippen LogP contribution in [0.5, 0.6) is 5.75 Å². The minimum absolute atomic E-state index is 0. The van der Waals surface area contributed by atoms with Gasteiger partial charge in [0, 0.05) is 11.6 Å². The summed E-state index contributed by atoms with van der Waals surface area (Å²) in [4.78, 5) is 0. The molecule has 1 aromatic carbocycles. The van der Waals surface area contributed by atoms with E-state index in [1.807, 2.05) is 38.1 Å². The first kappa shape index (κ1) is 14.3. The van der Waals surface area contributed by atoms with Crippen molar-refractivity contribution in [3.05, 3.63) is 29.8 Å². The van der Waals surface area contributed by atoms with Gasteiger partial charge in [-0.2, -0.15) is 0 Å². The van der Waals surface area contributed by atoms with Gasteiger partial charge >= 0.3 is 0 Å². The van der Waals surface area contributed by atoms with Crippen molar-refractivity contribution in [1.82, 2.24) is 0 Å². The van der Waals surface area contributed by atoms with Crippen molar-refractivity contribution in [1.29, 1.82) is 0 Å². The predicted octanol–water partition coefficient (Wildman–Crippen LogP) is 3.31. The number of nitrogens with two attached hydrogens (primary N) is 1. The molecule has 0 aliphatic rings. The molecule has 15 heavy (non-hydrogen) atoms. The summed E-state index contributed by atoms with van der Waals surface area (Å²) in [6.07, 6.45) is 1.12. The Kier molecular flexibility index (Phi) is 6.37. The molecule has 0 radical (unpaired) electrons. The van der Waals surface area contributed by atoms with Crippen molar-refractivity contribution >= 4 is 12.4 Å². The van der Waals surface area contributed by atoms with Crippen LogP contribution >= 0.6 is 12.4 Å². The zero-order valence-corrected chi connectivity index (χ0v) is 10.4. The molecule has 0 spiro atoms. The first-order valence-electron chi connectivity index (χ1n) is 5.16. The predicted molar refractivity (Wildman–Crippen MR) is 66.7 cm³/mol. The van der Waals surface area contributed by atoms with Gasteiger partial charge in [-0.05, 0) is 26.3 Å². The molecule has 0 aromatic heterocycles. The van der Waals surface area contributed by atoms with Crippen molar-refractivity contribution in [2.45, 2.75) is 39.3 Å². The van der Waals surface area contributed by atoms with Gasteiger partial charge in [0.15, 0.2) is 0 Å². The zero-order valence-electron chi connectivity index (χ0n) is 9.57. The van der Waals surface area contributed by atoms with Crippen molar-refractivity contribution in [2.75, 3.05) is 0 Å². The Morgan fingerprint density at radius 3 is 2.40 bits per heavy atom. The molecule has 86 valence electrons. The summed E-state index contributed by atoms with van der Waals surface area (Å²) in [5.74, 6) is 0.914. The highest BCUT2D eigenvalue weighted by Crippen LogP contribution is 2.25. The van der Waals surface area contributed by atoms with Gasteiger partial charge in [-0.25, -0.2) is 0 Å². The summed E-state index contributed by atoms with van der Waals surface area (Å²) in [5, 5.41) is 0. The fourth-order valence-corrected chi connectivity index (χ4v) is 1.37. The van der Waals surface area contributed by atoms with E-state index < -0.39 is 0 Å². The molecule has 3 heteroatoms. The molecule has 0 unspecified atom stereocenters. The normalized spacial score (nSPS) is 12.1. The average Bonchev–Trinajstić information content (AvgIpc) is 2.16. The molecule has 2 nitrogen and oxygen atoms in total. The van der Waals surface area contributed by atoms with E-state index in [1.165, 1.54) is 0 Å². The van der Waals surface area contributed by atoms with Gasteiger partial charge in [-0.1, -0.05) is 25.1 Å². The first-order valence-corrected chi connectivity index (χ1v) is 5.16. The SMILES string of the molecule is CC[C@H](N)c1ccccc1OC(C)C.Cl. The molecule has 1 atom stereocenters. The second kappa shape index (κ2) is 6.70. The molecule has 0 saturated carbocycles. The molecule has 0 bridgehead atoms. The summed E-state index contributed by atoms with van der Waals surface area (Å²) in [5.41, 5.74) is 7.09. The second-order valence-electron chi connectivity index (χ2n) is 3.72. The number of ether oxygens (including phenoxy) is 1. The minimum Gasteiger partial charge on any atom is -0.491 e. The van der Waals surface area contributed by atoms with Crippen molar-refractivity contribution < 1.29 is 4.74 Å². The third kappa shape index (κ3) is 4.10. The topological polar surface area (TPSA) is 35.2 Å². The molecule has 2 N–H and O–H groups in total. The largest absolute Gasteiger partial charge is 0.491 e. The third-order valence-electron chi connectivity index (χ3n) is 2.12. The first-order chi connectivity index (χ1) is 6.65. The van der Waals surface area contributed by atoms with Crippen LogP contribution in [0.4, 0.5) is 0 Å². The van der Waals surface area contributed by atoms with E-state index in [1.54, 1.807) is 0 Å². The number of benzene rings is 1. The van der Waals surface area contributed by atoms with Crippen LogP contribution in [0.25, 0.3) is 0 Å². The number of halogens is 1. The molecule has 0 heterocycles. The van der Waals surface area contributed by atoms with Crippen LogP contribution in [0, 0.1) is 0 Å². The monoisotopic (exact) mass is 229 g/mol. The van der Waals surface area contributed by atoms with Crippen LogP contribution in [0.15, 0.2) is 24.3 Å². The van der Waals surface area contributed by atoms with E-state index >= 15 is 0 Å². The van der Waals surface area contributed by atoms with Gasteiger partial charge in [-0.15, -0.1) is 12.4 Å². The van der Waals surface area contributed by atoms with Gasteiger partial charge in [0.05, 0.1) is 6.10 Å². The molecule has 0 aliphatic carbocycles.